The van der Waals surface area contributed by atoms with Crippen LogP contribution in [0.1, 0.15) is 54.6 Å². The number of nitrogens with zero attached hydrogens (tertiary/aromatic N) is 1. The van der Waals surface area contributed by atoms with Crippen molar-refractivity contribution in [2.24, 2.45) is 5.92 Å². The topological polar surface area (TPSA) is 60.2 Å². The number of hydrazine groups is 1. The minimum Gasteiger partial charge on any atom is -0.389 e. The van der Waals surface area contributed by atoms with Crippen LogP contribution in [-0.2, 0) is 6.42 Å². The van der Waals surface area contributed by atoms with Crippen LogP contribution in [0, 0.1) is 5.92 Å². The molecular weight excluding hydrogens is 432 g/mol. The molecule has 5 rings (SSSR count). The molecule has 0 spiro atoms. The van der Waals surface area contributed by atoms with Crippen LogP contribution in [0.5, 0.6) is 0 Å². The standard InChI is InChI=1S/C30H36N4O/c1-21(18-23-10-4-3-5-11-23)28(19-24-16-17-31-22(24)2)33-34(26-13-7-8-14-26)30(35)29-20-25-12-6-9-15-27(25)32-29/h3-6,9-12,15,20,24,26,28,31-33H,1-2,7-8,13-14,16-19H2. The van der Waals surface area contributed by atoms with E-state index in [0.29, 0.717) is 11.6 Å². The molecule has 2 heterocycles. The normalized spacial score (nSPS) is 19.1. The van der Waals surface area contributed by atoms with Gasteiger partial charge in [-0.25, -0.2) is 5.43 Å². The fourth-order valence-electron chi connectivity index (χ4n) is 5.54. The Morgan fingerprint density at radius 3 is 2.51 bits per heavy atom. The smallest absolute Gasteiger partial charge is 0.284 e. The Labute approximate surface area is 208 Å². The third kappa shape index (κ3) is 5.35. The van der Waals surface area contributed by atoms with Gasteiger partial charge in [0.25, 0.3) is 5.91 Å². The second-order valence-electron chi connectivity index (χ2n) is 10.1. The van der Waals surface area contributed by atoms with E-state index in [1.54, 1.807) is 0 Å². The molecule has 0 bridgehead atoms. The lowest BCUT2D eigenvalue weighted by Gasteiger charge is -2.35. The van der Waals surface area contributed by atoms with Gasteiger partial charge in [-0.3, -0.25) is 9.80 Å². The molecule has 182 valence electrons. The van der Waals surface area contributed by atoms with E-state index in [9.17, 15) is 4.79 Å². The summed E-state index contributed by atoms with van der Waals surface area (Å²) in [5, 5.41) is 6.37. The fraction of sp³-hybridized carbons (Fsp3) is 0.367. The number of H-pyrrole nitrogens is 1. The molecule has 3 aromatic rings. The first kappa shape index (κ1) is 23.4. The van der Waals surface area contributed by atoms with Gasteiger partial charge in [-0.2, -0.15) is 0 Å². The van der Waals surface area contributed by atoms with Crippen molar-refractivity contribution < 1.29 is 4.79 Å². The van der Waals surface area contributed by atoms with E-state index in [-0.39, 0.29) is 18.0 Å². The zero-order chi connectivity index (χ0) is 24.2. The second kappa shape index (κ2) is 10.5. The van der Waals surface area contributed by atoms with E-state index < -0.39 is 0 Å². The van der Waals surface area contributed by atoms with Gasteiger partial charge in [-0.15, -0.1) is 0 Å². The van der Waals surface area contributed by atoms with Crippen molar-refractivity contribution in [2.45, 2.75) is 57.0 Å². The van der Waals surface area contributed by atoms with Crippen LogP contribution in [0.25, 0.3) is 10.9 Å². The zero-order valence-electron chi connectivity index (χ0n) is 20.4. The minimum atomic E-state index is -0.0224. The van der Waals surface area contributed by atoms with Gasteiger partial charge in [0.1, 0.15) is 5.69 Å². The Balaban J connectivity index is 1.42. The zero-order valence-corrected chi connectivity index (χ0v) is 20.4. The van der Waals surface area contributed by atoms with Crippen LogP contribution in [0.2, 0.25) is 0 Å². The number of hydrogen-bond acceptors (Lipinski definition) is 3. The first-order valence-corrected chi connectivity index (χ1v) is 12.9. The summed E-state index contributed by atoms with van der Waals surface area (Å²) in [5.41, 5.74) is 8.75. The monoisotopic (exact) mass is 468 g/mol. The van der Waals surface area contributed by atoms with Crippen LogP contribution in [0.4, 0.5) is 0 Å². The number of para-hydroxylation sites is 1. The number of carbonyl (C=O) groups excluding carboxylic acids is 1. The van der Waals surface area contributed by atoms with E-state index in [2.05, 4.69) is 53.1 Å². The quantitative estimate of drug-likeness (QED) is 0.277. The molecule has 1 amide bonds. The number of amides is 1. The molecule has 1 saturated carbocycles. The van der Waals surface area contributed by atoms with Gasteiger partial charge in [0, 0.05) is 41.1 Å². The number of fused-ring (bicyclic) bond motifs is 1. The highest BCUT2D eigenvalue weighted by atomic mass is 16.2. The number of allylic oxidation sites excluding steroid dienone is 1. The van der Waals surface area contributed by atoms with Gasteiger partial charge in [0.05, 0.1) is 0 Å². The molecular formula is C30H36N4O. The average Bonchev–Trinajstić information content (AvgIpc) is 3.63. The van der Waals surface area contributed by atoms with Gasteiger partial charge >= 0.3 is 0 Å². The first-order chi connectivity index (χ1) is 17.1. The summed E-state index contributed by atoms with van der Waals surface area (Å²) >= 11 is 0. The number of nitrogens with one attached hydrogen (secondary N) is 3. The Hall–Kier alpha value is -3.31. The van der Waals surface area contributed by atoms with Crippen molar-refractivity contribution in [1.82, 2.24) is 20.7 Å². The van der Waals surface area contributed by atoms with E-state index >= 15 is 0 Å². The average molecular weight is 469 g/mol. The van der Waals surface area contributed by atoms with Gasteiger partial charge in [0.15, 0.2) is 0 Å². The highest BCUT2D eigenvalue weighted by molar-refractivity contribution is 5.98. The van der Waals surface area contributed by atoms with Crippen LogP contribution < -0.4 is 10.7 Å². The van der Waals surface area contributed by atoms with E-state index in [1.165, 1.54) is 5.56 Å². The van der Waals surface area contributed by atoms with E-state index in [0.717, 1.165) is 73.7 Å². The lowest BCUT2D eigenvalue weighted by molar-refractivity contribution is 0.0495. The summed E-state index contributed by atoms with van der Waals surface area (Å²) in [6.07, 6.45) is 7.08. The number of hydrogen-bond donors (Lipinski definition) is 3. The highest BCUT2D eigenvalue weighted by Crippen LogP contribution is 2.29. The van der Waals surface area contributed by atoms with Crippen LogP contribution in [-0.4, -0.2) is 34.5 Å². The first-order valence-electron chi connectivity index (χ1n) is 12.9. The number of benzene rings is 2. The number of rotatable bonds is 9. The van der Waals surface area contributed by atoms with Crippen molar-refractivity contribution in [1.29, 1.82) is 0 Å². The molecule has 5 heteroatoms. The summed E-state index contributed by atoms with van der Waals surface area (Å²) in [5.74, 6) is 0.377. The van der Waals surface area contributed by atoms with Crippen molar-refractivity contribution in [3.8, 4) is 0 Å². The van der Waals surface area contributed by atoms with Gasteiger partial charge < -0.3 is 10.3 Å². The lowest BCUT2D eigenvalue weighted by atomic mass is 9.90. The number of aromatic amines is 1. The van der Waals surface area contributed by atoms with Gasteiger partial charge in [-0.1, -0.05) is 80.1 Å². The van der Waals surface area contributed by atoms with E-state index in [4.69, 9.17) is 0 Å². The molecule has 3 N–H and O–H groups in total. The van der Waals surface area contributed by atoms with Crippen molar-refractivity contribution >= 4 is 16.8 Å². The molecule has 2 fully saturated rings. The Morgan fingerprint density at radius 1 is 1.06 bits per heavy atom. The maximum atomic E-state index is 13.9. The maximum absolute atomic E-state index is 13.9. The fourth-order valence-corrected chi connectivity index (χ4v) is 5.54. The van der Waals surface area contributed by atoms with Crippen LogP contribution >= 0.6 is 0 Å². The molecule has 1 saturated heterocycles. The van der Waals surface area contributed by atoms with Gasteiger partial charge in [-0.05, 0) is 49.8 Å². The molecule has 2 atom stereocenters. The lowest BCUT2D eigenvalue weighted by Crippen LogP contribution is -2.53. The summed E-state index contributed by atoms with van der Waals surface area (Å²) in [6.45, 7) is 9.71. The third-order valence-electron chi connectivity index (χ3n) is 7.59. The van der Waals surface area contributed by atoms with Crippen LogP contribution in [0.3, 0.4) is 0 Å². The molecule has 0 radical (unpaired) electrons. The predicted octanol–water partition coefficient (Wildman–Crippen LogP) is 5.74. The molecule has 2 aromatic carbocycles. The predicted molar refractivity (Wildman–Crippen MR) is 143 cm³/mol. The second-order valence-corrected chi connectivity index (χ2v) is 10.1. The highest BCUT2D eigenvalue weighted by Gasteiger charge is 2.33. The summed E-state index contributed by atoms with van der Waals surface area (Å²) in [7, 11) is 0. The Morgan fingerprint density at radius 2 is 1.80 bits per heavy atom. The number of aromatic nitrogens is 1. The van der Waals surface area contributed by atoms with Crippen molar-refractivity contribution in [2.75, 3.05) is 6.54 Å². The van der Waals surface area contributed by atoms with Crippen molar-refractivity contribution in [3.05, 3.63) is 96.3 Å². The van der Waals surface area contributed by atoms with Gasteiger partial charge in [0.2, 0.25) is 0 Å². The molecule has 5 nitrogen and oxygen atoms in total. The number of carbonyl (C=O) groups is 1. The third-order valence-corrected chi connectivity index (χ3v) is 7.59. The molecule has 2 unspecified atom stereocenters. The van der Waals surface area contributed by atoms with Crippen LogP contribution in [0.15, 0.2) is 85.1 Å². The van der Waals surface area contributed by atoms with Crippen molar-refractivity contribution in [3.63, 3.8) is 0 Å². The van der Waals surface area contributed by atoms with E-state index in [1.807, 2.05) is 41.4 Å². The summed E-state index contributed by atoms with van der Waals surface area (Å²) in [6, 6.07) is 20.6. The molecule has 1 aliphatic heterocycles. The molecule has 1 aliphatic carbocycles. The largest absolute Gasteiger partial charge is 0.389 e. The summed E-state index contributed by atoms with van der Waals surface area (Å²) in [4.78, 5) is 17.2. The molecule has 2 aliphatic rings. The Bertz CT molecular complexity index is 1160. The maximum Gasteiger partial charge on any atom is 0.284 e. The molecule has 35 heavy (non-hydrogen) atoms. The Kier molecular flexibility index (Phi) is 7.05. The minimum absolute atomic E-state index is 0.00832. The molecule has 1 aromatic heterocycles. The summed E-state index contributed by atoms with van der Waals surface area (Å²) < 4.78 is 0. The SMILES string of the molecule is C=C1NCCC1CC(NN(C(=O)c1cc2ccccc2[nH]1)C1CCCC1)C(=C)Cc1ccccc1.